The van der Waals surface area contributed by atoms with Gasteiger partial charge in [-0.3, -0.25) is 0 Å². The SMILES string of the molecule is CN(C)c1ccc(C(C)(Cc2ccccc2)c2ccccc2)cc1. The van der Waals surface area contributed by atoms with E-state index in [4.69, 9.17) is 0 Å². The summed E-state index contributed by atoms with van der Waals surface area (Å²) in [5, 5.41) is 0. The van der Waals surface area contributed by atoms with Crippen LogP contribution in [0.5, 0.6) is 0 Å². The van der Waals surface area contributed by atoms with Crippen molar-refractivity contribution in [2.45, 2.75) is 18.8 Å². The smallest absolute Gasteiger partial charge is 0.0361 e. The monoisotopic (exact) mass is 315 g/mol. The van der Waals surface area contributed by atoms with Crippen LogP contribution in [0.4, 0.5) is 5.69 Å². The normalized spacial score (nSPS) is 13.3. The Morgan fingerprint density at radius 2 is 1.17 bits per heavy atom. The molecule has 0 aliphatic rings. The largest absolute Gasteiger partial charge is 0.378 e. The summed E-state index contributed by atoms with van der Waals surface area (Å²) < 4.78 is 0. The van der Waals surface area contributed by atoms with E-state index in [9.17, 15) is 0 Å². The van der Waals surface area contributed by atoms with Crippen molar-refractivity contribution in [1.82, 2.24) is 0 Å². The van der Waals surface area contributed by atoms with Crippen LogP contribution in [0.15, 0.2) is 84.9 Å². The van der Waals surface area contributed by atoms with Gasteiger partial charge in [0.15, 0.2) is 0 Å². The summed E-state index contributed by atoms with van der Waals surface area (Å²) in [6.07, 6.45) is 0.985. The van der Waals surface area contributed by atoms with Crippen LogP contribution in [0, 0.1) is 0 Å². The minimum atomic E-state index is -0.0482. The maximum atomic E-state index is 2.35. The molecule has 0 aliphatic heterocycles. The van der Waals surface area contributed by atoms with Gasteiger partial charge in [0.25, 0.3) is 0 Å². The molecule has 0 radical (unpaired) electrons. The summed E-state index contributed by atoms with van der Waals surface area (Å²) >= 11 is 0. The van der Waals surface area contributed by atoms with Crippen molar-refractivity contribution in [3.63, 3.8) is 0 Å². The Labute approximate surface area is 145 Å². The first-order valence-corrected chi connectivity index (χ1v) is 8.47. The molecule has 1 unspecified atom stereocenters. The molecule has 122 valence electrons. The van der Waals surface area contributed by atoms with Crippen molar-refractivity contribution in [1.29, 1.82) is 0 Å². The average Bonchev–Trinajstić information content (AvgIpc) is 2.63. The fraction of sp³-hybridized carbons (Fsp3) is 0.217. The van der Waals surface area contributed by atoms with Gasteiger partial charge in [-0.25, -0.2) is 0 Å². The van der Waals surface area contributed by atoms with Gasteiger partial charge >= 0.3 is 0 Å². The van der Waals surface area contributed by atoms with Crippen LogP contribution in [0.2, 0.25) is 0 Å². The maximum Gasteiger partial charge on any atom is 0.0361 e. The Morgan fingerprint density at radius 1 is 0.667 bits per heavy atom. The van der Waals surface area contributed by atoms with Crippen LogP contribution >= 0.6 is 0 Å². The highest BCUT2D eigenvalue weighted by Gasteiger charge is 2.29. The summed E-state index contributed by atoms with van der Waals surface area (Å²) in [6.45, 7) is 2.35. The second kappa shape index (κ2) is 6.92. The fourth-order valence-corrected chi connectivity index (χ4v) is 3.31. The minimum Gasteiger partial charge on any atom is -0.378 e. The summed E-state index contributed by atoms with van der Waals surface area (Å²) in [7, 11) is 4.16. The van der Waals surface area contributed by atoms with E-state index in [1.54, 1.807) is 0 Å². The van der Waals surface area contributed by atoms with Gasteiger partial charge in [0, 0.05) is 25.2 Å². The van der Waals surface area contributed by atoms with Crippen LogP contribution < -0.4 is 4.90 Å². The maximum absolute atomic E-state index is 2.35. The van der Waals surface area contributed by atoms with Crippen molar-refractivity contribution in [3.05, 3.63) is 102 Å². The lowest BCUT2D eigenvalue weighted by Crippen LogP contribution is -2.26. The van der Waals surface area contributed by atoms with Crippen LogP contribution in [0.3, 0.4) is 0 Å². The van der Waals surface area contributed by atoms with Crippen molar-refractivity contribution in [3.8, 4) is 0 Å². The van der Waals surface area contributed by atoms with Gasteiger partial charge in [0.2, 0.25) is 0 Å². The lowest BCUT2D eigenvalue weighted by Gasteiger charge is -2.32. The summed E-state index contributed by atoms with van der Waals surface area (Å²) in [6, 6.07) is 30.5. The third kappa shape index (κ3) is 3.35. The third-order valence-corrected chi connectivity index (χ3v) is 4.83. The van der Waals surface area contributed by atoms with E-state index < -0.39 is 0 Å². The van der Waals surface area contributed by atoms with Crippen molar-refractivity contribution >= 4 is 5.69 Å². The molecule has 0 saturated heterocycles. The Hall–Kier alpha value is -2.54. The predicted molar refractivity (Wildman–Crippen MR) is 104 cm³/mol. The van der Waals surface area contributed by atoms with Crippen LogP contribution in [-0.4, -0.2) is 14.1 Å². The fourth-order valence-electron chi connectivity index (χ4n) is 3.31. The lowest BCUT2D eigenvalue weighted by molar-refractivity contribution is 0.567. The molecule has 0 aliphatic carbocycles. The summed E-state index contributed by atoms with van der Waals surface area (Å²) in [5.74, 6) is 0. The second-order valence-electron chi connectivity index (χ2n) is 6.80. The van der Waals surface area contributed by atoms with Gasteiger partial charge in [-0.15, -0.1) is 0 Å². The quantitative estimate of drug-likeness (QED) is 0.617. The standard InChI is InChI=1S/C23H25N/c1-23(20-12-8-5-9-13-20,18-19-10-6-4-7-11-19)21-14-16-22(17-15-21)24(2)3/h4-17H,18H2,1-3H3. The Bertz CT molecular complexity index is 760. The molecule has 0 N–H and O–H groups in total. The molecule has 0 aromatic heterocycles. The molecule has 1 heteroatoms. The van der Waals surface area contributed by atoms with E-state index in [0.29, 0.717) is 0 Å². The molecule has 3 rings (SSSR count). The van der Waals surface area contributed by atoms with Gasteiger partial charge in [0.05, 0.1) is 0 Å². The molecule has 1 atom stereocenters. The van der Waals surface area contributed by atoms with Crippen molar-refractivity contribution in [2.24, 2.45) is 0 Å². The van der Waals surface area contributed by atoms with Gasteiger partial charge < -0.3 is 4.90 Å². The number of benzene rings is 3. The molecule has 0 bridgehead atoms. The molecule has 0 saturated carbocycles. The Kier molecular flexibility index (Phi) is 4.71. The third-order valence-electron chi connectivity index (χ3n) is 4.83. The highest BCUT2D eigenvalue weighted by molar-refractivity contribution is 5.50. The van der Waals surface area contributed by atoms with E-state index in [1.807, 2.05) is 0 Å². The zero-order valence-corrected chi connectivity index (χ0v) is 14.7. The average molecular weight is 315 g/mol. The topological polar surface area (TPSA) is 3.24 Å². The number of hydrogen-bond donors (Lipinski definition) is 0. The predicted octanol–water partition coefficient (Wildman–Crippen LogP) is 5.30. The van der Waals surface area contributed by atoms with Gasteiger partial charge in [0.1, 0.15) is 0 Å². The van der Waals surface area contributed by atoms with Crippen molar-refractivity contribution in [2.75, 3.05) is 19.0 Å². The van der Waals surface area contributed by atoms with E-state index >= 15 is 0 Å². The van der Waals surface area contributed by atoms with E-state index in [-0.39, 0.29) is 5.41 Å². The Morgan fingerprint density at radius 3 is 1.71 bits per heavy atom. The van der Waals surface area contributed by atoms with Gasteiger partial charge in [-0.05, 0) is 35.2 Å². The van der Waals surface area contributed by atoms with Gasteiger partial charge in [-0.2, -0.15) is 0 Å². The van der Waals surface area contributed by atoms with Gasteiger partial charge in [-0.1, -0.05) is 79.7 Å². The zero-order valence-electron chi connectivity index (χ0n) is 14.7. The summed E-state index contributed by atoms with van der Waals surface area (Å²) in [5.41, 5.74) is 5.25. The molecule has 3 aromatic rings. The van der Waals surface area contributed by atoms with Crippen LogP contribution in [-0.2, 0) is 11.8 Å². The minimum absolute atomic E-state index is 0.0482. The van der Waals surface area contributed by atoms with E-state index in [2.05, 4.69) is 111 Å². The first-order chi connectivity index (χ1) is 11.6. The van der Waals surface area contributed by atoms with Crippen LogP contribution in [0.25, 0.3) is 0 Å². The highest BCUT2D eigenvalue weighted by atomic mass is 15.1. The molecule has 0 spiro atoms. The van der Waals surface area contributed by atoms with E-state index in [0.717, 1.165) is 6.42 Å². The van der Waals surface area contributed by atoms with Crippen LogP contribution in [0.1, 0.15) is 23.6 Å². The highest BCUT2D eigenvalue weighted by Crippen LogP contribution is 2.36. The Balaban J connectivity index is 2.05. The first kappa shape index (κ1) is 16.3. The van der Waals surface area contributed by atoms with E-state index in [1.165, 1.54) is 22.4 Å². The lowest BCUT2D eigenvalue weighted by atomic mass is 9.72. The molecule has 1 nitrogen and oxygen atoms in total. The number of hydrogen-bond acceptors (Lipinski definition) is 1. The number of anilines is 1. The molecule has 0 amide bonds. The summed E-state index contributed by atoms with van der Waals surface area (Å²) in [4.78, 5) is 2.14. The molecular weight excluding hydrogens is 290 g/mol. The second-order valence-corrected chi connectivity index (χ2v) is 6.80. The number of nitrogens with zero attached hydrogens (tertiary/aromatic N) is 1. The number of rotatable bonds is 5. The first-order valence-electron chi connectivity index (χ1n) is 8.47. The molecule has 3 aromatic carbocycles. The zero-order chi connectivity index (χ0) is 17.0. The molecule has 0 fully saturated rings. The van der Waals surface area contributed by atoms with Crippen molar-refractivity contribution < 1.29 is 0 Å². The molecular formula is C23H25N. The molecule has 24 heavy (non-hydrogen) atoms. The molecule has 0 heterocycles.